The van der Waals surface area contributed by atoms with Gasteiger partial charge in [0.25, 0.3) is 0 Å². The van der Waals surface area contributed by atoms with E-state index in [1.54, 1.807) is 0 Å². The molecule has 0 spiro atoms. The Bertz CT molecular complexity index is 784. The van der Waals surface area contributed by atoms with E-state index in [0.717, 1.165) is 17.6 Å². The highest BCUT2D eigenvalue weighted by Crippen LogP contribution is 2.20. The standard InChI is InChI=1S/C16H21N7/c1-5-17-14-20-13(21-15(22-14)23-16(2,3)4)12-18-10-8-6-7-9-11(10)19-12/h6-9H,5H2,1-4H3,(H,18,19)(H2,17,20,21,22,23). The van der Waals surface area contributed by atoms with E-state index in [4.69, 9.17) is 0 Å². The smallest absolute Gasteiger partial charge is 0.228 e. The number of hydrogen-bond donors (Lipinski definition) is 3. The molecule has 0 fully saturated rings. The number of rotatable bonds is 4. The number of anilines is 2. The van der Waals surface area contributed by atoms with Crippen LogP contribution in [0, 0.1) is 0 Å². The van der Waals surface area contributed by atoms with E-state index >= 15 is 0 Å². The van der Waals surface area contributed by atoms with E-state index in [1.165, 1.54) is 0 Å². The van der Waals surface area contributed by atoms with Gasteiger partial charge in [-0.05, 0) is 39.8 Å². The molecule has 7 nitrogen and oxygen atoms in total. The molecule has 1 aromatic carbocycles. The lowest BCUT2D eigenvalue weighted by Gasteiger charge is -2.20. The van der Waals surface area contributed by atoms with Crippen molar-refractivity contribution in [3.63, 3.8) is 0 Å². The molecule has 120 valence electrons. The molecule has 0 atom stereocenters. The summed E-state index contributed by atoms with van der Waals surface area (Å²) < 4.78 is 0. The second-order valence-electron chi connectivity index (χ2n) is 6.31. The third-order valence-electron chi connectivity index (χ3n) is 3.06. The highest BCUT2D eigenvalue weighted by molar-refractivity contribution is 5.78. The topological polar surface area (TPSA) is 91.4 Å². The normalized spacial score (nSPS) is 11.7. The Kier molecular flexibility index (Phi) is 3.85. The van der Waals surface area contributed by atoms with Crippen molar-refractivity contribution in [3.05, 3.63) is 24.3 Å². The van der Waals surface area contributed by atoms with Crippen LogP contribution in [-0.4, -0.2) is 37.0 Å². The van der Waals surface area contributed by atoms with E-state index in [0.29, 0.717) is 23.5 Å². The van der Waals surface area contributed by atoms with Crippen molar-refractivity contribution in [1.82, 2.24) is 24.9 Å². The van der Waals surface area contributed by atoms with Crippen molar-refractivity contribution >= 4 is 22.9 Å². The number of aromatic nitrogens is 5. The lowest BCUT2D eigenvalue weighted by Crippen LogP contribution is -2.28. The van der Waals surface area contributed by atoms with Gasteiger partial charge in [-0.2, -0.15) is 15.0 Å². The first-order valence-electron chi connectivity index (χ1n) is 7.68. The van der Waals surface area contributed by atoms with E-state index in [9.17, 15) is 0 Å². The minimum atomic E-state index is -0.143. The predicted molar refractivity (Wildman–Crippen MR) is 92.5 cm³/mol. The second-order valence-corrected chi connectivity index (χ2v) is 6.31. The molecule has 0 aliphatic carbocycles. The zero-order valence-electron chi connectivity index (χ0n) is 13.8. The molecular weight excluding hydrogens is 290 g/mol. The van der Waals surface area contributed by atoms with Crippen LogP contribution in [0.15, 0.2) is 24.3 Å². The molecule has 0 amide bonds. The maximum Gasteiger partial charge on any atom is 0.228 e. The Morgan fingerprint density at radius 1 is 1.00 bits per heavy atom. The van der Waals surface area contributed by atoms with Crippen molar-refractivity contribution < 1.29 is 0 Å². The molecule has 3 rings (SSSR count). The quantitative estimate of drug-likeness (QED) is 0.686. The maximum atomic E-state index is 4.56. The summed E-state index contributed by atoms with van der Waals surface area (Å²) in [5.74, 6) is 2.20. The summed E-state index contributed by atoms with van der Waals surface area (Å²) in [4.78, 5) is 21.2. The van der Waals surface area contributed by atoms with E-state index in [-0.39, 0.29) is 5.54 Å². The molecular formula is C16H21N7. The number of hydrogen-bond acceptors (Lipinski definition) is 6. The summed E-state index contributed by atoms with van der Waals surface area (Å²) in [7, 11) is 0. The van der Waals surface area contributed by atoms with Crippen LogP contribution in [0.25, 0.3) is 22.7 Å². The maximum absolute atomic E-state index is 4.56. The fourth-order valence-electron chi connectivity index (χ4n) is 2.17. The monoisotopic (exact) mass is 311 g/mol. The first kappa shape index (κ1) is 15.2. The first-order valence-corrected chi connectivity index (χ1v) is 7.68. The second kappa shape index (κ2) is 5.83. The third kappa shape index (κ3) is 3.56. The van der Waals surface area contributed by atoms with Gasteiger partial charge in [-0.15, -0.1) is 0 Å². The van der Waals surface area contributed by atoms with Gasteiger partial charge < -0.3 is 15.6 Å². The van der Waals surface area contributed by atoms with Crippen LogP contribution in [0.5, 0.6) is 0 Å². The van der Waals surface area contributed by atoms with Gasteiger partial charge in [0, 0.05) is 12.1 Å². The summed E-state index contributed by atoms with van der Waals surface area (Å²) in [6, 6.07) is 7.86. The zero-order valence-corrected chi connectivity index (χ0v) is 13.8. The molecule has 7 heteroatoms. The van der Waals surface area contributed by atoms with Crippen LogP contribution >= 0.6 is 0 Å². The molecule has 2 aromatic heterocycles. The lowest BCUT2D eigenvalue weighted by atomic mass is 10.1. The summed E-state index contributed by atoms with van der Waals surface area (Å²) in [6.45, 7) is 8.92. The third-order valence-corrected chi connectivity index (χ3v) is 3.06. The van der Waals surface area contributed by atoms with Crippen LogP contribution in [0.2, 0.25) is 0 Å². The molecule has 0 saturated heterocycles. The van der Waals surface area contributed by atoms with E-state index < -0.39 is 0 Å². The summed E-state index contributed by atoms with van der Waals surface area (Å²) >= 11 is 0. The van der Waals surface area contributed by atoms with Gasteiger partial charge in [-0.25, -0.2) is 4.98 Å². The highest BCUT2D eigenvalue weighted by Gasteiger charge is 2.16. The Hall–Kier alpha value is -2.70. The molecule has 2 heterocycles. The van der Waals surface area contributed by atoms with Crippen LogP contribution in [0.1, 0.15) is 27.7 Å². The van der Waals surface area contributed by atoms with Crippen LogP contribution in [-0.2, 0) is 0 Å². The lowest BCUT2D eigenvalue weighted by molar-refractivity contribution is 0.625. The minimum Gasteiger partial charge on any atom is -0.354 e. The van der Waals surface area contributed by atoms with E-state index in [1.807, 2.05) is 31.2 Å². The van der Waals surface area contributed by atoms with Crippen LogP contribution < -0.4 is 10.6 Å². The number of nitrogens with one attached hydrogen (secondary N) is 3. The average molecular weight is 311 g/mol. The Balaban J connectivity index is 2.05. The predicted octanol–water partition coefficient (Wildman–Crippen LogP) is 3.06. The number of para-hydroxylation sites is 2. The Morgan fingerprint density at radius 3 is 2.43 bits per heavy atom. The number of nitrogens with zero attached hydrogens (tertiary/aromatic N) is 4. The molecule has 0 saturated carbocycles. The summed E-state index contributed by atoms with van der Waals surface area (Å²) in [6.07, 6.45) is 0. The van der Waals surface area contributed by atoms with Crippen molar-refractivity contribution in [1.29, 1.82) is 0 Å². The van der Waals surface area contributed by atoms with Gasteiger partial charge in [0.15, 0.2) is 5.82 Å². The number of H-pyrrole nitrogens is 1. The summed E-state index contributed by atoms with van der Waals surface area (Å²) in [5.41, 5.74) is 1.70. The molecule has 23 heavy (non-hydrogen) atoms. The molecule has 0 unspecified atom stereocenters. The van der Waals surface area contributed by atoms with Gasteiger partial charge in [-0.1, -0.05) is 12.1 Å². The van der Waals surface area contributed by atoms with Crippen molar-refractivity contribution in [2.24, 2.45) is 0 Å². The van der Waals surface area contributed by atoms with Gasteiger partial charge >= 0.3 is 0 Å². The van der Waals surface area contributed by atoms with Crippen LogP contribution in [0.3, 0.4) is 0 Å². The van der Waals surface area contributed by atoms with Gasteiger partial charge in [-0.3, -0.25) is 0 Å². The number of benzene rings is 1. The Labute approximate surface area is 135 Å². The number of aromatic amines is 1. The fraction of sp³-hybridized carbons (Fsp3) is 0.375. The number of imidazole rings is 1. The molecule has 3 N–H and O–H groups in total. The Morgan fingerprint density at radius 2 is 1.74 bits per heavy atom. The van der Waals surface area contributed by atoms with Gasteiger partial charge in [0.1, 0.15) is 0 Å². The van der Waals surface area contributed by atoms with E-state index in [2.05, 4.69) is 56.3 Å². The van der Waals surface area contributed by atoms with Crippen molar-refractivity contribution in [3.8, 4) is 11.6 Å². The largest absolute Gasteiger partial charge is 0.354 e. The summed E-state index contributed by atoms with van der Waals surface area (Å²) in [5, 5.41) is 6.41. The van der Waals surface area contributed by atoms with Gasteiger partial charge in [0.05, 0.1) is 11.0 Å². The minimum absolute atomic E-state index is 0.143. The molecule has 0 aliphatic heterocycles. The number of fused-ring (bicyclic) bond motifs is 1. The van der Waals surface area contributed by atoms with Crippen molar-refractivity contribution in [2.45, 2.75) is 33.2 Å². The first-order chi connectivity index (χ1) is 10.9. The SMILES string of the molecule is CCNc1nc(NC(C)(C)C)nc(-c2nc3ccccc3[nH]2)n1. The van der Waals surface area contributed by atoms with Crippen LogP contribution in [0.4, 0.5) is 11.9 Å². The fourth-order valence-corrected chi connectivity index (χ4v) is 2.17. The molecule has 0 radical (unpaired) electrons. The molecule has 0 bridgehead atoms. The highest BCUT2D eigenvalue weighted by atomic mass is 15.2. The molecule has 0 aliphatic rings. The zero-order chi connectivity index (χ0) is 16.4. The molecule has 3 aromatic rings. The van der Waals surface area contributed by atoms with Crippen molar-refractivity contribution in [2.75, 3.05) is 17.2 Å². The van der Waals surface area contributed by atoms with Gasteiger partial charge in [0.2, 0.25) is 17.7 Å². The average Bonchev–Trinajstić information content (AvgIpc) is 2.89.